The Morgan fingerprint density at radius 3 is 2.67 bits per heavy atom. The van der Waals surface area contributed by atoms with Gasteiger partial charge < -0.3 is 0 Å². The summed E-state index contributed by atoms with van der Waals surface area (Å²) in [7, 11) is 0. The highest BCUT2D eigenvalue weighted by Gasteiger charge is 2.17. The summed E-state index contributed by atoms with van der Waals surface area (Å²) in [4.78, 5) is 9.50. The second kappa shape index (κ2) is 1.85. The first-order valence-corrected chi connectivity index (χ1v) is 2.31. The summed E-state index contributed by atoms with van der Waals surface area (Å²) < 4.78 is 0. The molecule has 0 aliphatic carbocycles. The van der Waals surface area contributed by atoms with Crippen molar-refractivity contribution in [2.75, 3.05) is 0 Å². The van der Waals surface area contributed by atoms with Crippen LogP contribution in [0.3, 0.4) is 0 Å². The van der Waals surface area contributed by atoms with Crippen molar-refractivity contribution in [1.29, 1.82) is 0 Å². The van der Waals surface area contributed by atoms with Crippen LogP contribution >= 0.6 is 0 Å². The van der Waals surface area contributed by atoms with Crippen LogP contribution in [-0.4, -0.2) is 11.1 Å². The summed E-state index contributed by atoms with van der Waals surface area (Å²) in [5.41, 5.74) is 3.79. The molecule has 1 aliphatic rings. The maximum absolute atomic E-state index is 10.0. The molecule has 0 unspecified atom stereocenters. The first-order valence-electron chi connectivity index (χ1n) is 2.31. The smallest absolute Gasteiger partial charge is 0.258 e. The Bertz CT molecular complexity index is 206. The molecule has 0 saturated carbocycles. The summed E-state index contributed by atoms with van der Waals surface area (Å²) in [5.74, 6) is 0. The van der Waals surface area contributed by atoms with Gasteiger partial charge in [-0.15, -0.1) is 5.43 Å². The van der Waals surface area contributed by atoms with Crippen LogP contribution < -0.4 is 5.43 Å². The summed E-state index contributed by atoms with van der Waals surface area (Å²) >= 11 is 0. The van der Waals surface area contributed by atoms with E-state index in [0.717, 1.165) is 6.21 Å². The monoisotopic (exact) mass is 126 g/mol. The number of nitro groups is 1. The molecule has 5 heteroatoms. The van der Waals surface area contributed by atoms with Gasteiger partial charge in [-0.3, -0.25) is 10.1 Å². The molecule has 9 heavy (non-hydrogen) atoms. The summed E-state index contributed by atoms with van der Waals surface area (Å²) in [5, 5.41) is 13.4. The minimum atomic E-state index is -0.505. The Morgan fingerprint density at radius 2 is 2.44 bits per heavy atom. The quantitative estimate of drug-likeness (QED) is 0.369. The topological polar surface area (TPSA) is 69.6 Å². The molecule has 0 N–H and O–H groups in total. The van der Waals surface area contributed by atoms with Gasteiger partial charge in [-0.05, 0) is 6.92 Å². The number of nitrogens with zero attached hydrogens (tertiary/aromatic N) is 3. The minimum Gasteiger partial charge on any atom is -0.258 e. The van der Waals surface area contributed by atoms with Crippen LogP contribution in [-0.2, 0) is 0 Å². The highest BCUT2D eigenvalue weighted by molar-refractivity contribution is 5.78. The molecule has 0 aromatic carbocycles. The van der Waals surface area contributed by atoms with E-state index in [1.807, 2.05) is 0 Å². The van der Waals surface area contributed by atoms with Crippen molar-refractivity contribution < 1.29 is 4.92 Å². The number of rotatable bonds is 1. The normalized spacial score (nSPS) is 16.1. The third-order valence-electron chi connectivity index (χ3n) is 0.955. The van der Waals surface area contributed by atoms with Crippen molar-refractivity contribution in [3.05, 3.63) is 21.5 Å². The minimum absolute atomic E-state index is 0.0185. The Kier molecular flexibility index (Phi) is 1.18. The van der Waals surface area contributed by atoms with E-state index in [2.05, 4.69) is 10.5 Å². The van der Waals surface area contributed by atoms with Gasteiger partial charge in [0, 0.05) is 0 Å². The van der Waals surface area contributed by atoms with E-state index >= 15 is 0 Å². The average molecular weight is 126 g/mol. The molecule has 1 heterocycles. The highest BCUT2D eigenvalue weighted by atomic mass is 16.6. The first-order chi connectivity index (χ1) is 4.22. The lowest BCUT2D eigenvalue weighted by Crippen LogP contribution is -2.00. The van der Waals surface area contributed by atoms with Crippen molar-refractivity contribution in [2.24, 2.45) is 5.10 Å². The molecule has 0 bridgehead atoms. The maximum atomic E-state index is 10.0. The standard InChI is InChI=1S/C4H4N3O2/c1-3-4(7(8)9)2-5-6-3/h2H,1H3. The largest absolute Gasteiger partial charge is 0.312 e. The molecule has 0 saturated heterocycles. The van der Waals surface area contributed by atoms with Crippen LogP contribution in [0.15, 0.2) is 16.5 Å². The van der Waals surface area contributed by atoms with Gasteiger partial charge in [-0.2, -0.15) is 5.10 Å². The predicted molar refractivity (Wildman–Crippen MR) is 30.3 cm³/mol. The van der Waals surface area contributed by atoms with Crippen molar-refractivity contribution in [3.8, 4) is 0 Å². The maximum Gasteiger partial charge on any atom is 0.312 e. The number of allylic oxidation sites excluding steroid dienone is 2. The van der Waals surface area contributed by atoms with Crippen LogP contribution in [0.25, 0.3) is 0 Å². The Balaban J connectivity index is 2.89. The zero-order valence-corrected chi connectivity index (χ0v) is 4.74. The lowest BCUT2D eigenvalue weighted by Gasteiger charge is -1.85. The van der Waals surface area contributed by atoms with E-state index in [1.54, 1.807) is 6.92 Å². The van der Waals surface area contributed by atoms with E-state index in [1.165, 1.54) is 0 Å². The van der Waals surface area contributed by atoms with Crippen molar-refractivity contribution in [2.45, 2.75) is 6.92 Å². The van der Waals surface area contributed by atoms with E-state index in [4.69, 9.17) is 0 Å². The Hall–Kier alpha value is -1.39. The van der Waals surface area contributed by atoms with Gasteiger partial charge in [0.2, 0.25) is 0 Å². The van der Waals surface area contributed by atoms with Crippen LogP contribution in [0.1, 0.15) is 6.92 Å². The van der Waals surface area contributed by atoms with Gasteiger partial charge in [0.15, 0.2) is 0 Å². The summed E-state index contributed by atoms with van der Waals surface area (Å²) in [6, 6.07) is 0. The van der Waals surface area contributed by atoms with Gasteiger partial charge in [0.1, 0.15) is 11.9 Å². The van der Waals surface area contributed by atoms with Crippen molar-refractivity contribution in [3.63, 3.8) is 0 Å². The second-order valence-electron chi connectivity index (χ2n) is 1.57. The van der Waals surface area contributed by atoms with Gasteiger partial charge in [0.05, 0.1) is 4.92 Å². The molecule has 1 radical (unpaired) electrons. The summed E-state index contributed by atoms with van der Waals surface area (Å²) in [6.07, 6.45) is 1.13. The molecule has 0 aromatic rings. The van der Waals surface area contributed by atoms with Gasteiger partial charge in [0.25, 0.3) is 0 Å². The molecule has 47 valence electrons. The first kappa shape index (κ1) is 5.74. The van der Waals surface area contributed by atoms with Gasteiger partial charge >= 0.3 is 5.70 Å². The van der Waals surface area contributed by atoms with Crippen LogP contribution in [0.4, 0.5) is 0 Å². The van der Waals surface area contributed by atoms with Crippen molar-refractivity contribution >= 4 is 6.21 Å². The van der Waals surface area contributed by atoms with E-state index < -0.39 is 4.92 Å². The number of hydrogen-bond acceptors (Lipinski definition) is 3. The van der Waals surface area contributed by atoms with Gasteiger partial charge in [-0.25, -0.2) is 0 Å². The Morgan fingerprint density at radius 1 is 1.78 bits per heavy atom. The Labute approximate surface area is 51.2 Å². The molecule has 1 rings (SSSR count). The molecule has 0 spiro atoms. The fourth-order valence-electron chi connectivity index (χ4n) is 0.494. The molecule has 0 aromatic heterocycles. The van der Waals surface area contributed by atoms with Gasteiger partial charge in [-0.1, -0.05) is 0 Å². The van der Waals surface area contributed by atoms with E-state index in [-0.39, 0.29) is 5.70 Å². The molecule has 0 atom stereocenters. The molecular formula is C4H4N3O2. The lowest BCUT2D eigenvalue weighted by atomic mass is 10.4. The zero-order chi connectivity index (χ0) is 6.85. The fraction of sp³-hybridized carbons (Fsp3) is 0.250. The third-order valence-corrected chi connectivity index (χ3v) is 0.955. The zero-order valence-electron chi connectivity index (χ0n) is 4.74. The second-order valence-corrected chi connectivity index (χ2v) is 1.57. The molecule has 1 aliphatic heterocycles. The fourth-order valence-corrected chi connectivity index (χ4v) is 0.494. The molecule has 0 amide bonds. The van der Waals surface area contributed by atoms with Crippen LogP contribution in [0.2, 0.25) is 0 Å². The van der Waals surface area contributed by atoms with Crippen LogP contribution in [0.5, 0.6) is 0 Å². The molecular weight excluding hydrogens is 122 g/mol. The van der Waals surface area contributed by atoms with E-state index in [0.29, 0.717) is 5.70 Å². The predicted octanol–water partition coefficient (Wildman–Crippen LogP) is 0.0984. The van der Waals surface area contributed by atoms with Crippen LogP contribution in [0, 0.1) is 10.1 Å². The van der Waals surface area contributed by atoms with E-state index in [9.17, 15) is 10.1 Å². The average Bonchev–Trinajstić information content (AvgIpc) is 2.13. The summed E-state index contributed by atoms with van der Waals surface area (Å²) in [6.45, 7) is 1.55. The van der Waals surface area contributed by atoms with Crippen molar-refractivity contribution in [1.82, 2.24) is 5.43 Å². The lowest BCUT2D eigenvalue weighted by molar-refractivity contribution is -0.415. The number of hydrogen-bond donors (Lipinski definition) is 0. The third kappa shape index (κ3) is 0.883. The highest BCUT2D eigenvalue weighted by Crippen LogP contribution is 2.05. The SMILES string of the molecule is CC1=C([N+](=O)[O-])C=N[N]1. The molecule has 0 fully saturated rings. The molecule has 5 nitrogen and oxygen atoms in total.